The van der Waals surface area contributed by atoms with Crippen molar-refractivity contribution < 1.29 is 22.8 Å². The van der Waals surface area contributed by atoms with Crippen molar-refractivity contribution in [1.82, 2.24) is 0 Å². The van der Waals surface area contributed by atoms with E-state index in [-0.39, 0.29) is 18.0 Å². The normalized spacial score (nSPS) is 20.1. The summed E-state index contributed by atoms with van der Waals surface area (Å²) in [7, 11) is 0. The Labute approximate surface area is 180 Å². The SMILES string of the molecule is O=C1CS[C@@]2(C(=O)N(Cc3ccccc3F)c3ccccc32)N1c1ccc(F)c(F)c1. The molecule has 8 heteroatoms. The lowest BCUT2D eigenvalue weighted by Gasteiger charge is -2.33. The molecular weight excluding hydrogens is 425 g/mol. The van der Waals surface area contributed by atoms with Crippen LogP contribution in [0.5, 0.6) is 0 Å². The third kappa shape index (κ3) is 2.85. The molecule has 0 aromatic heterocycles. The van der Waals surface area contributed by atoms with E-state index in [0.29, 0.717) is 16.8 Å². The highest BCUT2D eigenvalue weighted by molar-refractivity contribution is 8.02. The Morgan fingerprint density at radius 3 is 2.39 bits per heavy atom. The first-order valence-electron chi connectivity index (χ1n) is 9.50. The molecule has 5 rings (SSSR count). The zero-order valence-corrected chi connectivity index (χ0v) is 16.8. The molecule has 0 radical (unpaired) electrons. The van der Waals surface area contributed by atoms with E-state index in [0.717, 1.165) is 23.9 Å². The Morgan fingerprint density at radius 1 is 0.871 bits per heavy atom. The van der Waals surface area contributed by atoms with Crippen molar-refractivity contribution in [3.63, 3.8) is 0 Å². The molecule has 0 N–H and O–H groups in total. The average Bonchev–Trinajstić information content (AvgIpc) is 3.23. The summed E-state index contributed by atoms with van der Waals surface area (Å²) in [6.45, 7) is -0.0232. The number of amides is 2. The van der Waals surface area contributed by atoms with Crippen LogP contribution in [0.25, 0.3) is 0 Å². The van der Waals surface area contributed by atoms with Gasteiger partial charge >= 0.3 is 0 Å². The molecule has 0 saturated carbocycles. The summed E-state index contributed by atoms with van der Waals surface area (Å²) >= 11 is 1.12. The van der Waals surface area contributed by atoms with Crippen molar-refractivity contribution in [1.29, 1.82) is 0 Å². The largest absolute Gasteiger partial charge is 0.304 e. The number of fused-ring (bicyclic) bond motifs is 2. The third-order valence-electron chi connectivity index (χ3n) is 5.51. The van der Waals surface area contributed by atoms with Crippen molar-refractivity contribution in [3.05, 3.63) is 95.3 Å². The first-order chi connectivity index (χ1) is 14.9. The van der Waals surface area contributed by atoms with Gasteiger partial charge in [0.2, 0.25) is 10.8 Å². The van der Waals surface area contributed by atoms with Gasteiger partial charge in [-0.25, -0.2) is 13.2 Å². The predicted molar refractivity (Wildman–Crippen MR) is 112 cm³/mol. The topological polar surface area (TPSA) is 40.6 Å². The van der Waals surface area contributed by atoms with Crippen LogP contribution in [0.1, 0.15) is 11.1 Å². The smallest absolute Gasteiger partial charge is 0.269 e. The summed E-state index contributed by atoms with van der Waals surface area (Å²) < 4.78 is 41.8. The fraction of sp³-hybridized carbons (Fsp3) is 0.130. The van der Waals surface area contributed by atoms with Crippen molar-refractivity contribution >= 4 is 35.0 Å². The Bertz CT molecular complexity index is 1230. The molecule has 4 nitrogen and oxygen atoms in total. The molecule has 3 aromatic rings. The van der Waals surface area contributed by atoms with Crippen LogP contribution in [0.3, 0.4) is 0 Å². The molecule has 3 aromatic carbocycles. The number of carbonyl (C=O) groups excluding carboxylic acids is 2. The fourth-order valence-electron chi connectivity index (χ4n) is 4.13. The van der Waals surface area contributed by atoms with E-state index in [2.05, 4.69) is 0 Å². The van der Waals surface area contributed by atoms with Gasteiger partial charge in [-0.15, -0.1) is 11.8 Å². The van der Waals surface area contributed by atoms with Crippen LogP contribution in [-0.4, -0.2) is 17.6 Å². The molecule has 0 aliphatic carbocycles. The van der Waals surface area contributed by atoms with Gasteiger partial charge < -0.3 is 4.90 Å². The third-order valence-corrected chi connectivity index (χ3v) is 6.90. The molecule has 0 bridgehead atoms. The van der Waals surface area contributed by atoms with Crippen molar-refractivity contribution in [2.24, 2.45) is 0 Å². The number of nitrogens with zero attached hydrogens (tertiary/aromatic N) is 2. The Kier molecular flexibility index (Phi) is 4.55. The maximum absolute atomic E-state index is 14.3. The number of benzene rings is 3. The molecule has 31 heavy (non-hydrogen) atoms. The number of rotatable bonds is 3. The van der Waals surface area contributed by atoms with Gasteiger partial charge in [-0.05, 0) is 24.3 Å². The second-order valence-electron chi connectivity index (χ2n) is 7.26. The highest BCUT2D eigenvalue weighted by atomic mass is 32.2. The number of hydrogen-bond acceptors (Lipinski definition) is 3. The number of hydrogen-bond donors (Lipinski definition) is 0. The van der Waals surface area contributed by atoms with Crippen LogP contribution in [0.4, 0.5) is 24.5 Å². The summed E-state index contributed by atoms with van der Waals surface area (Å²) in [5.41, 5.74) is 1.52. The lowest BCUT2D eigenvalue weighted by molar-refractivity contribution is -0.123. The molecule has 0 unspecified atom stereocenters. The van der Waals surface area contributed by atoms with E-state index in [4.69, 9.17) is 0 Å². The van der Waals surface area contributed by atoms with Crippen molar-refractivity contribution in [2.45, 2.75) is 11.4 Å². The minimum absolute atomic E-state index is 0.00733. The lowest BCUT2D eigenvalue weighted by atomic mass is 10.0. The second-order valence-corrected chi connectivity index (χ2v) is 8.43. The lowest BCUT2D eigenvalue weighted by Crippen LogP contribution is -2.49. The van der Waals surface area contributed by atoms with Gasteiger partial charge in [0.15, 0.2) is 11.6 Å². The molecule has 1 spiro atoms. The monoisotopic (exact) mass is 440 g/mol. The van der Waals surface area contributed by atoms with E-state index in [1.165, 1.54) is 21.9 Å². The Morgan fingerprint density at radius 2 is 1.61 bits per heavy atom. The van der Waals surface area contributed by atoms with Gasteiger partial charge in [0, 0.05) is 22.9 Å². The number of carbonyl (C=O) groups is 2. The van der Waals surface area contributed by atoms with Gasteiger partial charge in [0.05, 0.1) is 18.0 Å². The zero-order chi connectivity index (χ0) is 21.8. The summed E-state index contributed by atoms with van der Waals surface area (Å²) in [5.74, 6) is -3.44. The highest BCUT2D eigenvalue weighted by Crippen LogP contribution is 2.56. The van der Waals surface area contributed by atoms with Gasteiger partial charge in [-0.2, -0.15) is 0 Å². The van der Waals surface area contributed by atoms with Crippen LogP contribution in [-0.2, 0) is 21.0 Å². The molecule has 2 aliphatic heterocycles. The maximum atomic E-state index is 14.3. The Hall–Kier alpha value is -3.26. The quantitative estimate of drug-likeness (QED) is 0.599. The van der Waals surface area contributed by atoms with Gasteiger partial charge in [0.1, 0.15) is 5.82 Å². The van der Waals surface area contributed by atoms with Crippen LogP contribution in [0.15, 0.2) is 66.7 Å². The molecule has 1 fully saturated rings. The standard InChI is InChI=1S/C23H15F3N2O2S/c24-17-7-3-1-5-14(17)12-27-20-8-4-2-6-16(20)23(22(27)30)28(21(29)13-31-23)15-9-10-18(25)19(26)11-15/h1-11H,12-13H2/t23-/m0/s1. The molecular formula is C23H15F3N2O2S. The zero-order valence-electron chi connectivity index (χ0n) is 16.0. The average molecular weight is 440 g/mol. The van der Waals surface area contributed by atoms with Crippen molar-refractivity contribution in [3.8, 4) is 0 Å². The summed E-state index contributed by atoms with van der Waals surface area (Å²) in [4.78, 5) is 27.9. The highest BCUT2D eigenvalue weighted by Gasteiger charge is 2.61. The van der Waals surface area contributed by atoms with Gasteiger partial charge in [0.25, 0.3) is 5.91 Å². The van der Waals surface area contributed by atoms with Crippen molar-refractivity contribution in [2.75, 3.05) is 15.6 Å². The first kappa shape index (κ1) is 19.7. The summed E-state index contributed by atoms with van der Waals surface area (Å²) in [6, 6.07) is 16.2. The molecule has 1 saturated heterocycles. The number of anilines is 2. The van der Waals surface area contributed by atoms with E-state index in [1.54, 1.807) is 42.5 Å². The number of para-hydroxylation sites is 1. The predicted octanol–water partition coefficient (Wildman–Crippen LogP) is 4.58. The number of halogens is 3. The minimum atomic E-state index is -1.47. The van der Waals surface area contributed by atoms with Crippen LogP contribution in [0, 0.1) is 17.5 Å². The number of thioether (sulfide) groups is 1. The van der Waals surface area contributed by atoms with E-state index in [1.807, 2.05) is 0 Å². The molecule has 1 atom stereocenters. The molecule has 2 amide bonds. The van der Waals surface area contributed by atoms with Crippen LogP contribution < -0.4 is 9.80 Å². The molecule has 2 aliphatic rings. The van der Waals surface area contributed by atoms with Crippen LogP contribution in [0.2, 0.25) is 0 Å². The minimum Gasteiger partial charge on any atom is -0.304 e. The van der Waals surface area contributed by atoms with E-state index < -0.39 is 34.1 Å². The second kappa shape index (κ2) is 7.16. The molecule has 156 valence electrons. The van der Waals surface area contributed by atoms with E-state index in [9.17, 15) is 22.8 Å². The Balaban J connectivity index is 1.66. The summed E-state index contributed by atoms with van der Waals surface area (Å²) in [6.07, 6.45) is 0. The van der Waals surface area contributed by atoms with E-state index >= 15 is 0 Å². The van der Waals surface area contributed by atoms with Gasteiger partial charge in [-0.3, -0.25) is 14.5 Å². The van der Waals surface area contributed by atoms with Crippen LogP contribution >= 0.6 is 11.8 Å². The van der Waals surface area contributed by atoms with Gasteiger partial charge in [-0.1, -0.05) is 36.4 Å². The fourth-order valence-corrected chi connectivity index (χ4v) is 5.49. The first-order valence-corrected chi connectivity index (χ1v) is 10.5. The molecule has 2 heterocycles. The maximum Gasteiger partial charge on any atom is 0.269 e. The summed E-state index contributed by atoms with van der Waals surface area (Å²) in [5, 5.41) is 0.